The second-order valence-electron chi connectivity index (χ2n) is 9.55. The molecular formula is C28H37N3O3S. The van der Waals surface area contributed by atoms with Crippen LogP contribution in [0.4, 0.5) is 5.82 Å². The van der Waals surface area contributed by atoms with Gasteiger partial charge in [-0.25, -0.2) is 13.5 Å². The molecule has 0 spiro atoms. The minimum absolute atomic E-state index is 0.0898. The summed E-state index contributed by atoms with van der Waals surface area (Å²) in [5.74, 6) is 2.53. The van der Waals surface area contributed by atoms with Gasteiger partial charge in [-0.3, -0.25) is 0 Å². The van der Waals surface area contributed by atoms with Gasteiger partial charge in [0.25, 0.3) is 0 Å². The number of ether oxygens (including phenoxy) is 2. The maximum Gasteiger partial charge on any atom is 0.133 e. The van der Waals surface area contributed by atoms with Crippen LogP contribution in [-0.2, 0) is 24.1 Å². The van der Waals surface area contributed by atoms with Crippen LogP contribution in [0.1, 0.15) is 50.4 Å². The Morgan fingerprint density at radius 3 is 1.80 bits per heavy atom. The van der Waals surface area contributed by atoms with Gasteiger partial charge in [0.2, 0.25) is 0 Å². The Morgan fingerprint density at radius 1 is 0.886 bits per heavy atom. The predicted molar refractivity (Wildman–Crippen MR) is 144 cm³/mol. The lowest BCUT2D eigenvalue weighted by molar-refractivity contribution is 0.414. The highest BCUT2D eigenvalue weighted by molar-refractivity contribution is 7.84. The predicted octanol–water partition coefficient (Wildman–Crippen LogP) is 5.76. The van der Waals surface area contributed by atoms with Crippen molar-refractivity contribution in [3.05, 3.63) is 83.6 Å². The van der Waals surface area contributed by atoms with E-state index < -0.39 is 11.0 Å². The summed E-state index contributed by atoms with van der Waals surface area (Å²) in [6.45, 7) is 9.41. The van der Waals surface area contributed by atoms with Gasteiger partial charge < -0.3 is 14.4 Å². The molecule has 188 valence electrons. The molecule has 0 saturated carbocycles. The second kappa shape index (κ2) is 11.7. The Balaban J connectivity index is 1.99. The lowest BCUT2D eigenvalue weighted by Crippen LogP contribution is -2.37. The van der Waals surface area contributed by atoms with Gasteiger partial charge in [-0.05, 0) is 69.2 Å². The molecule has 1 aromatic heterocycles. The van der Waals surface area contributed by atoms with Gasteiger partial charge in [-0.2, -0.15) is 0 Å². The van der Waals surface area contributed by atoms with Gasteiger partial charge in [-0.15, -0.1) is 0 Å². The molecular weight excluding hydrogens is 458 g/mol. The molecule has 3 aromatic rings. The van der Waals surface area contributed by atoms with Crippen LogP contribution in [0.15, 0.2) is 66.9 Å². The second-order valence-corrected chi connectivity index (χ2v) is 11.9. The fourth-order valence-corrected chi connectivity index (χ4v) is 5.14. The van der Waals surface area contributed by atoms with Crippen molar-refractivity contribution in [1.82, 2.24) is 9.29 Å². The monoisotopic (exact) mass is 495 g/mol. The Kier molecular flexibility index (Phi) is 8.92. The Bertz CT molecular complexity index is 1060. The fraction of sp³-hybridized carbons (Fsp3) is 0.393. The molecule has 0 radical (unpaired) electrons. The minimum Gasteiger partial charge on any atom is -0.497 e. The Morgan fingerprint density at radius 2 is 1.37 bits per heavy atom. The topological polar surface area (TPSA) is 54.9 Å². The van der Waals surface area contributed by atoms with E-state index in [4.69, 9.17) is 14.5 Å². The summed E-state index contributed by atoms with van der Waals surface area (Å²) in [6, 6.07) is 20.1. The summed E-state index contributed by atoms with van der Waals surface area (Å²) >= 11 is 0. The van der Waals surface area contributed by atoms with Crippen molar-refractivity contribution in [2.75, 3.05) is 26.2 Å². The normalized spacial score (nSPS) is 13.4. The van der Waals surface area contributed by atoms with Crippen molar-refractivity contribution < 1.29 is 13.7 Å². The van der Waals surface area contributed by atoms with E-state index in [0.717, 1.165) is 34.0 Å². The van der Waals surface area contributed by atoms with Crippen molar-refractivity contribution in [3.8, 4) is 11.5 Å². The van der Waals surface area contributed by atoms with Crippen LogP contribution in [0.2, 0.25) is 0 Å². The molecule has 6 nitrogen and oxygen atoms in total. The molecule has 0 fully saturated rings. The molecule has 0 unspecified atom stereocenters. The van der Waals surface area contributed by atoms with E-state index in [-0.39, 0.29) is 10.8 Å². The molecule has 0 aliphatic heterocycles. The van der Waals surface area contributed by atoms with E-state index in [1.807, 2.05) is 68.7 Å². The highest BCUT2D eigenvalue weighted by atomic mass is 32.2. The first-order valence-corrected chi connectivity index (χ1v) is 12.8. The number of hydrogen-bond acceptors (Lipinski definition) is 5. The van der Waals surface area contributed by atoms with E-state index in [1.54, 1.807) is 14.2 Å². The molecule has 3 rings (SSSR count). The average molecular weight is 496 g/mol. The number of anilines is 1. The van der Waals surface area contributed by atoms with Gasteiger partial charge >= 0.3 is 0 Å². The van der Waals surface area contributed by atoms with E-state index in [2.05, 4.69) is 42.2 Å². The number of nitrogens with zero attached hydrogens (tertiary/aromatic N) is 3. The van der Waals surface area contributed by atoms with E-state index >= 15 is 0 Å². The largest absolute Gasteiger partial charge is 0.497 e. The quantitative estimate of drug-likeness (QED) is 0.358. The molecule has 2 atom stereocenters. The number of aromatic nitrogens is 1. The summed E-state index contributed by atoms with van der Waals surface area (Å²) in [6.07, 6.45) is 1.82. The zero-order chi connectivity index (χ0) is 25.6. The number of methoxy groups -OCH3 is 2. The first-order valence-electron chi connectivity index (χ1n) is 11.7. The molecule has 0 bridgehead atoms. The van der Waals surface area contributed by atoms with Crippen LogP contribution in [-0.4, -0.2) is 39.5 Å². The highest BCUT2D eigenvalue weighted by Gasteiger charge is 2.29. The third-order valence-corrected chi connectivity index (χ3v) is 7.85. The van der Waals surface area contributed by atoms with Crippen LogP contribution in [0.3, 0.4) is 0 Å². The lowest BCUT2D eigenvalue weighted by atomic mass is 10.1. The molecule has 2 aromatic carbocycles. The molecule has 0 amide bonds. The minimum atomic E-state index is -1.16. The van der Waals surface area contributed by atoms with Crippen LogP contribution < -0.4 is 14.4 Å². The summed E-state index contributed by atoms with van der Waals surface area (Å²) in [4.78, 5) is 7.08. The fourth-order valence-electron chi connectivity index (χ4n) is 3.88. The van der Waals surface area contributed by atoms with Crippen molar-refractivity contribution in [1.29, 1.82) is 0 Å². The number of pyridine rings is 1. The van der Waals surface area contributed by atoms with Crippen LogP contribution in [0.25, 0.3) is 0 Å². The number of rotatable bonds is 10. The van der Waals surface area contributed by atoms with Gasteiger partial charge in [0.1, 0.15) is 17.3 Å². The van der Waals surface area contributed by atoms with Gasteiger partial charge in [0.15, 0.2) is 0 Å². The average Bonchev–Trinajstić information content (AvgIpc) is 2.87. The van der Waals surface area contributed by atoms with E-state index in [1.165, 1.54) is 0 Å². The SMILES string of the molecule is COc1ccc(CN(Cc2ccc(OC)cc2)c2ncccc2[C@@H](C)N(C)[S@@](=O)C(C)(C)C)cc1. The Labute approximate surface area is 212 Å². The smallest absolute Gasteiger partial charge is 0.133 e. The van der Waals surface area contributed by atoms with Crippen molar-refractivity contribution in [3.63, 3.8) is 0 Å². The van der Waals surface area contributed by atoms with E-state index in [0.29, 0.717) is 13.1 Å². The van der Waals surface area contributed by atoms with Crippen molar-refractivity contribution >= 4 is 16.8 Å². The van der Waals surface area contributed by atoms with Gasteiger partial charge in [0, 0.05) is 37.9 Å². The molecule has 0 N–H and O–H groups in total. The first kappa shape index (κ1) is 26.7. The number of benzene rings is 2. The zero-order valence-corrected chi connectivity index (χ0v) is 22.6. The zero-order valence-electron chi connectivity index (χ0n) is 21.8. The van der Waals surface area contributed by atoms with Gasteiger partial charge in [0.05, 0.1) is 30.0 Å². The summed E-state index contributed by atoms with van der Waals surface area (Å²) in [5.41, 5.74) is 3.33. The Hall–Kier alpha value is -2.90. The molecule has 0 aliphatic rings. The van der Waals surface area contributed by atoms with E-state index in [9.17, 15) is 4.21 Å². The molecule has 0 aliphatic carbocycles. The van der Waals surface area contributed by atoms with Crippen LogP contribution in [0, 0.1) is 0 Å². The number of hydrogen-bond donors (Lipinski definition) is 0. The van der Waals surface area contributed by atoms with Crippen molar-refractivity contribution in [2.45, 2.75) is 51.6 Å². The summed E-state index contributed by atoms with van der Waals surface area (Å²) < 4.78 is 25.4. The summed E-state index contributed by atoms with van der Waals surface area (Å²) in [5, 5.41) is 0. The van der Waals surface area contributed by atoms with Crippen LogP contribution >= 0.6 is 0 Å². The summed E-state index contributed by atoms with van der Waals surface area (Å²) in [7, 11) is 4.10. The standard InChI is InChI=1S/C28H37N3O3S/c1-21(30(5)35(32)28(2,3)4)26-9-8-18-29-27(26)31(19-22-10-14-24(33-6)15-11-22)20-23-12-16-25(34-7)17-13-23/h8-18,21H,19-20H2,1-7H3/t21-,35+/m1/s1. The lowest BCUT2D eigenvalue weighted by Gasteiger charge is -2.33. The molecule has 7 heteroatoms. The molecule has 35 heavy (non-hydrogen) atoms. The van der Waals surface area contributed by atoms with Gasteiger partial charge in [-0.1, -0.05) is 30.3 Å². The third-order valence-electron chi connectivity index (χ3n) is 5.96. The third kappa shape index (κ3) is 6.83. The maximum atomic E-state index is 13.1. The first-order chi connectivity index (χ1) is 16.6. The highest BCUT2D eigenvalue weighted by Crippen LogP contribution is 2.32. The molecule has 1 heterocycles. The molecule has 0 saturated heterocycles. The maximum absolute atomic E-state index is 13.1. The van der Waals surface area contributed by atoms with Crippen molar-refractivity contribution in [2.24, 2.45) is 0 Å². The van der Waals surface area contributed by atoms with Crippen LogP contribution in [0.5, 0.6) is 11.5 Å².